The van der Waals surface area contributed by atoms with Gasteiger partial charge in [0.25, 0.3) is 5.91 Å². The summed E-state index contributed by atoms with van der Waals surface area (Å²) in [6.07, 6.45) is 1.79. The van der Waals surface area contributed by atoms with Gasteiger partial charge in [0.05, 0.1) is 17.9 Å². The number of aryl methyl sites for hydroxylation is 1. The van der Waals surface area contributed by atoms with E-state index in [1.54, 1.807) is 48.6 Å². The van der Waals surface area contributed by atoms with Gasteiger partial charge in [-0.25, -0.2) is 4.79 Å². The van der Waals surface area contributed by atoms with Crippen LogP contribution in [0.15, 0.2) is 11.4 Å². The zero-order chi connectivity index (χ0) is 17.4. The van der Waals surface area contributed by atoms with E-state index in [2.05, 4.69) is 10.3 Å². The number of nitrogens with zero attached hydrogens (tertiary/aromatic N) is 6. The van der Waals surface area contributed by atoms with Gasteiger partial charge in [0, 0.05) is 33.3 Å². The molecular formula is C15H20N6O3. The van der Waals surface area contributed by atoms with Gasteiger partial charge in [-0.05, 0) is 13.8 Å². The number of carbonyl (C=O) groups is 2. The number of hydrogen-bond donors (Lipinski definition) is 0. The summed E-state index contributed by atoms with van der Waals surface area (Å²) in [5, 5.41) is 8.55. The minimum Gasteiger partial charge on any atom is -0.378 e. The van der Waals surface area contributed by atoms with E-state index < -0.39 is 11.6 Å². The predicted octanol–water partition coefficient (Wildman–Crippen LogP) is 0.464. The fourth-order valence-corrected chi connectivity index (χ4v) is 3.71. The molecular weight excluding hydrogens is 312 g/mol. The maximum Gasteiger partial charge on any atom is 0.321 e. The number of amidine groups is 1. The van der Waals surface area contributed by atoms with Crippen molar-refractivity contribution in [2.45, 2.75) is 31.5 Å². The lowest BCUT2D eigenvalue weighted by Gasteiger charge is -2.39. The van der Waals surface area contributed by atoms with Crippen LogP contribution in [0.25, 0.3) is 0 Å². The second-order valence-electron chi connectivity index (χ2n) is 6.99. The Hall–Kier alpha value is -2.58. The van der Waals surface area contributed by atoms with Crippen molar-refractivity contribution in [2.75, 3.05) is 20.6 Å². The molecule has 3 aliphatic heterocycles. The molecule has 9 nitrogen and oxygen atoms in total. The average Bonchev–Trinajstić information content (AvgIpc) is 3.03. The lowest BCUT2D eigenvalue weighted by Crippen LogP contribution is -2.55. The lowest BCUT2D eigenvalue weighted by atomic mass is 9.95. The first-order valence-corrected chi connectivity index (χ1v) is 7.83. The fourth-order valence-electron chi connectivity index (χ4n) is 3.71. The van der Waals surface area contributed by atoms with Gasteiger partial charge in [-0.2, -0.15) is 5.10 Å². The van der Waals surface area contributed by atoms with E-state index in [9.17, 15) is 9.59 Å². The Bertz CT molecular complexity index is 782. The van der Waals surface area contributed by atoms with Gasteiger partial charge in [0.15, 0.2) is 5.84 Å². The molecule has 3 amide bonds. The highest BCUT2D eigenvalue weighted by Crippen LogP contribution is 2.44. The summed E-state index contributed by atoms with van der Waals surface area (Å²) in [4.78, 5) is 35.6. The molecule has 128 valence electrons. The molecule has 2 atom stereocenters. The first kappa shape index (κ1) is 15.0. The Kier molecular flexibility index (Phi) is 2.80. The SMILES string of the molecule is CN1C(=O)C(C)(C)ON=C1[C@@H]1c2c(cnn2C)[C@@H]2CN1C(=O)N2C. The van der Waals surface area contributed by atoms with Gasteiger partial charge in [-0.3, -0.25) is 14.4 Å². The zero-order valence-electron chi connectivity index (χ0n) is 14.3. The molecule has 2 bridgehead atoms. The largest absolute Gasteiger partial charge is 0.378 e. The van der Waals surface area contributed by atoms with Crippen LogP contribution in [0.1, 0.15) is 37.2 Å². The molecule has 0 saturated carbocycles. The van der Waals surface area contributed by atoms with Gasteiger partial charge < -0.3 is 14.6 Å². The summed E-state index contributed by atoms with van der Waals surface area (Å²) >= 11 is 0. The highest BCUT2D eigenvalue weighted by atomic mass is 16.7. The normalized spacial score (nSPS) is 28.0. The van der Waals surface area contributed by atoms with E-state index in [1.165, 1.54) is 4.90 Å². The Morgan fingerprint density at radius 1 is 1.25 bits per heavy atom. The van der Waals surface area contributed by atoms with Crippen molar-refractivity contribution in [3.63, 3.8) is 0 Å². The molecule has 0 aromatic carbocycles. The molecule has 0 spiro atoms. The number of likely N-dealkylation sites (N-methyl/N-ethyl adjacent to an activating group) is 2. The molecule has 24 heavy (non-hydrogen) atoms. The van der Waals surface area contributed by atoms with Crippen molar-refractivity contribution < 1.29 is 14.4 Å². The van der Waals surface area contributed by atoms with Crippen molar-refractivity contribution in [1.82, 2.24) is 24.5 Å². The van der Waals surface area contributed by atoms with E-state index >= 15 is 0 Å². The molecule has 0 radical (unpaired) electrons. The van der Waals surface area contributed by atoms with Gasteiger partial charge in [0.2, 0.25) is 5.60 Å². The van der Waals surface area contributed by atoms with Gasteiger partial charge in [0.1, 0.15) is 6.04 Å². The number of carbonyl (C=O) groups excluding carboxylic acids is 2. The van der Waals surface area contributed by atoms with Crippen molar-refractivity contribution in [2.24, 2.45) is 12.2 Å². The second kappa shape index (κ2) is 4.49. The third-order valence-electron chi connectivity index (χ3n) is 5.10. The molecule has 4 heterocycles. The first-order chi connectivity index (χ1) is 11.2. The van der Waals surface area contributed by atoms with Crippen LogP contribution in [0.2, 0.25) is 0 Å². The predicted molar refractivity (Wildman–Crippen MR) is 83.9 cm³/mol. The van der Waals surface area contributed by atoms with Crippen LogP contribution >= 0.6 is 0 Å². The summed E-state index contributed by atoms with van der Waals surface area (Å²) < 4.78 is 1.74. The quantitative estimate of drug-likeness (QED) is 0.748. The third kappa shape index (κ3) is 1.69. The number of fused-ring (bicyclic) bond motifs is 4. The van der Waals surface area contributed by atoms with Crippen molar-refractivity contribution in [3.8, 4) is 0 Å². The van der Waals surface area contributed by atoms with Crippen LogP contribution in [-0.2, 0) is 16.7 Å². The molecule has 0 unspecified atom stereocenters. The zero-order valence-corrected chi connectivity index (χ0v) is 14.3. The minimum absolute atomic E-state index is 0.0278. The lowest BCUT2D eigenvalue weighted by molar-refractivity contribution is -0.153. The van der Waals surface area contributed by atoms with E-state index in [-0.39, 0.29) is 18.0 Å². The van der Waals surface area contributed by atoms with E-state index in [0.29, 0.717) is 12.4 Å². The second-order valence-corrected chi connectivity index (χ2v) is 6.99. The summed E-state index contributed by atoms with van der Waals surface area (Å²) in [5.74, 6) is 0.213. The standard InChI is InChI=1S/C15H20N6O3/c1-15(2)13(22)19(4)12(17-24-15)11-10-8(6-16-20(10)5)9-7-21(11)14(23)18(9)3/h6,9,11H,7H2,1-5H3/t9-,11-/m0/s1. The Labute approximate surface area is 139 Å². The van der Waals surface area contributed by atoms with Crippen molar-refractivity contribution in [3.05, 3.63) is 17.5 Å². The average molecular weight is 332 g/mol. The Morgan fingerprint density at radius 3 is 2.67 bits per heavy atom. The van der Waals surface area contributed by atoms with E-state index in [0.717, 1.165) is 11.3 Å². The maximum absolute atomic E-state index is 12.7. The number of rotatable bonds is 1. The molecule has 1 aromatic rings. The summed E-state index contributed by atoms with van der Waals surface area (Å²) in [6.45, 7) is 3.89. The number of amides is 3. The topological polar surface area (TPSA) is 83.3 Å². The van der Waals surface area contributed by atoms with E-state index in [1.807, 2.05) is 7.05 Å². The molecule has 0 N–H and O–H groups in total. The van der Waals surface area contributed by atoms with Crippen LogP contribution in [0.4, 0.5) is 4.79 Å². The molecule has 3 aliphatic rings. The molecule has 1 fully saturated rings. The summed E-state index contributed by atoms with van der Waals surface area (Å²) in [5.41, 5.74) is 0.836. The maximum atomic E-state index is 12.7. The van der Waals surface area contributed by atoms with Crippen LogP contribution < -0.4 is 0 Å². The van der Waals surface area contributed by atoms with Crippen LogP contribution in [0.5, 0.6) is 0 Å². The van der Waals surface area contributed by atoms with E-state index in [4.69, 9.17) is 4.84 Å². The number of urea groups is 1. The Balaban J connectivity index is 1.86. The van der Waals surface area contributed by atoms with Gasteiger partial charge >= 0.3 is 6.03 Å². The van der Waals surface area contributed by atoms with Gasteiger partial charge in [-0.15, -0.1) is 0 Å². The minimum atomic E-state index is -1.02. The number of oxime groups is 1. The first-order valence-electron chi connectivity index (χ1n) is 7.83. The highest BCUT2D eigenvalue weighted by Gasteiger charge is 2.52. The molecule has 0 aliphatic carbocycles. The number of hydrogen-bond acceptors (Lipinski definition) is 5. The molecule has 1 saturated heterocycles. The molecule has 9 heteroatoms. The van der Waals surface area contributed by atoms with Crippen molar-refractivity contribution in [1.29, 1.82) is 0 Å². The highest BCUT2D eigenvalue weighted by molar-refractivity contribution is 6.06. The van der Waals surface area contributed by atoms with Gasteiger partial charge in [-0.1, -0.05) is 5.16 Å². The van der Waals surface area contributed by atoms with Crippen LogP contribution in [0, 0.1) is 0 Å². The van der Waals surface area contributed by atoms with Crippen LogP contribution in [-0.4, -0.2) is 68.5 Å². The summed E-state index contributed by atoms with van der Waals surface area (Å²) in [6, 6.07) is -0.610. The fraction of sp³-hybridized carbons (Fsp3) is 0.600. The Morgan fingerprint density at radius 2 is 1.96 bits per heavy atom. The third-order valence-corrected chi connectivity index (χ3v) is 5.10. The van der Waals surface area contributed by atoms with Crippen molar-refractivity contribution >= 4 is 17.8 Å². The van der Waals surface area contributed by atoms with Crippen LogP contribution in [0.3, 0.4) is 0 Å². The molecule has 1 aromatic heterocycles. The number of aromatic nitrogens is 2. The smallest absolute Gasteiger partial charge is 0.321 e. The molecule has 4 rings (SSSR count). The monoisotopic (exact) mass is 332 g/mol. The summed E-state index contributed by atoms with van der Waals surface area (Å²) in [7, 11) is 5.28.